The molecule has 0 saturated carbocycles. The third kappa shape index (κ3) is 1.78. The summed E-state index contributed by atoms with van der Waals surface area (Å²) in [6.45, 7) is 2.47. The van der Waals surface area contributed by atoms with E-state index in [1.165, 1.54) is 4.90 Å². The predicted octanol–water partition coefficient (Wildman–Crippen LogP) is 2.31. The van der Waals surface area contributed by atoms with E-state index in [0.717, 1.165) is 5.33 Å². The Morgan fingerprint density at radius 2 is 1.69 bits per heavy atom. The zero-order chi connectivity index (χ0) is 11.7. The first-order valence-electron chi connectivity index (χ1n) is 5.16. The zero-order valence-electron chi connectivity index (χ0n) is 8.94. The van der Waals surface area contributed by atoms with Gasteiger partial charge >= 0.3 is 0 Å². The molecule has 1 aliphatic rings. The Morgan fingerprint density at radius 3 is 2.12 bits per heavy atom. The molecule has 0 radical (unpaired) electrons. The van der Waals surface area contributed by atoms with Crippen molar-refractivity contribution in [1.29, 1.82) is 0 Å². The van der Waals surface area contributed by atoms with Crippen LogP contribution in [0.5, 0.6) is 0 Å². The van der Waals surface area contributed by atoms with Crippen molar-refractivity contribution < 1.29 is 9.59 Å². The fourth-order valence-corrected chi connectivity index (χ4v) is 1.97. The largest absolute Gasteiger partial charge is 0.274 e. The smallest absolute Gasteiger partial charge is 0.261 e. The van der Waals surface area contributed by atoms with Crippen LogP contribution in [-0.2, 0) is 0 Å². The van der Waals surface area contributed by atoms with Gasteiger partial charge in [-0.15, -0.1) is 0 Å². The number of carbonyl (C=O) groups is 2. The van der Waals surface area contributed by atoms with Crippen LogP contribution in [0.2, 0.25) is 0 Å². The van der Waals surface area contributed by atoms with E-state index < -0.39 is 0 Å². The summed E-state index contributed by atoms with van der Waals surface area (Å²) in [5.74, 6) is -0.0796. The Morgan fingerprint density at radius 1 is 1.19 bits per heavy atom. The molecule has 1 aliphatic heterocycles. The lowest BCUT2D eigenvalue weighted by Crippen LogP contribution is -2.34. The van der Waals surface area contributed by atoms with E-state index >= 15 is 0 Å². The third-order valence-corrected chi connectivity index (χ3v) is 3.74. The van der Waals surface area contributed by atoms with Gasteiger partial charge in [0.25, 0.3) is 11.8 Å². The van der Waals surface area contributed by atoms with Gasteiger partial charge in [-0.3, -0.25) is 14.5 Å². The molecular weight excluding hydrogens is 270 g/mol. The van der Waals surface area contributed by atoms with Gasteiger partial charge in [0.2, 0.25) is 0 Å². The lowest BCUT2D eigenvalue weighted by molar-refractivity contribution is 0.0637. The minimum atomic E-state index is -0.173. The fourth-order valence-electron chi connectivity index (χ4n) is 1.77. The standard InChI is InChI=1S/C12H12BrNO2/c1-8(6-13)7-14-11(15)9-4-2-3-5-10(9)12(14)16/h2-5,8H,6-7H2,1H3/t8-/m1/s1. The number of alkyl halides is 1. The first kappa shape index (κ1) is 11.3. The van der Waals surface area contributed by atoms with Crippen LogP contribution in [0.4, 0.5) is 0 Å². The lowest BCUT2D eigenvalue weighted by Gasteiger charge is -2.17. The molecule has 0 fully saturated rings. The molecule has 0 saturated heterocycles. The van der Waals surface area contributed by atoms with Crippen LogP contribution in [0.1, 0.15) is 27.6 Å². The van der Waals surface area contributed by atoms with Gasteiger partial charge in [-0.05, 0) is 18.1 Å². The number of hydrogen-bond donors (Lipinski definition) is 0. The molecule has 0 aromatic heterocycles. The predicted molar refractivity (Wildman–Crippen MR) is 64.8 cm³/mol. The molecule has 0 spiro atoms. The molecule has 3 nitrogen and oxygen atoms in total. The Bertz CT molecular complexity index is 409. The molecule has 0 unspecified atom stereocenters. The lowest BCUT2D eigenvalue weighted by atomic mass is 10.1. The van der Waals surface area contributed by atoms with Crippen molar-refractivity contribution in [3.05, 3.63) is 35.4 Å². The van der Waals surface area contributed by atoms with Crippen LogP contribution in [0.3, 0.4) is 0 Å². The molecule has 0 N–H and O–H groups in total. The highest BCUT2D eigenvalue weighted by molar-refractivity contribution is 9.09. The van der Waals surface area contributed by atoms with Gasteiger partial charge in [-0.1, -0.05) is 35.0 Å². The minimum Gasteiger partial charge on any atom is -0.274 e. The van der Waals surface area contributed by atoms with Gasteiger partial charge in [-0.2, -0.15) is 0 Å². The van der Waals surface area contributed by atoms with Crippen molar-refractivity contribution >= 4 is 27.7 Å². The van der Waals surface area contributed by atoms with Crippen molar-refractivity contribution in [2.75, 3.05) is 11.9 Å². The number of fused-ring (bicyclic) bond motifs is 1. The summed E-state index contributed by atoms with van der Waals surface area (Å²) in [6, 6.07) is 6.96. The van der Waals surface area contributed by atoms with Crippen molar-refractivity contribution in [2.45, 2.75) is 6.92 Å². The fraction of sp³-hybridized carbons (Fsp3) is 0.333. The molecule has 4 heteroatoms. The van der Waals surface area contributed by atoms with Crippen LogP contribution in [0.25, 0.3) is 0 Å². The zero-order valence-corrected chi connectivity index (χ0v) is 10.5. The summed E-state index contributed by atoms with van der Waals surface area (Å²) in [4.78, 5) is 25.2. The summed E-state index contributed by atoms with van der Waals surface area (Å²) >= 11 is 3.35. The van der Waals surface area contributed by atoms with Gasteiger partial charge < -0.3 is 0 Å². The number of halogens is 1. The number of hydrogen-bond acceptors (Lipinski definition) is 2. The number of benzene rings is 1. The van der Waals surface area contributed by atoms with E-state index in [4.69, 9.17) is 0 Å². The monoisotopic (exact) mass is 281 g/mol. The van der Waals surface area contributed by atoms with Crippen LogP contribution in [0.15, 0.2) is 24.3 Å². The summed E-state index contributed by atoms with van der Waals surface area (Å²) in [5.41, 5.74) is 1.04. The van der Waals surface area contributed by atoms with Crippen LogP contribution < -0.4 is 0 Å². The Hall–Kier alpha value is -1.16. The number of nitrogens with zero attached hydrogens (tertiary/aromatic N) is 1. The average molecular weight is 282 g/mol. The summed E-state index contributed by atoms with van der Waals surface area (Å²) in [7, 11) is 0. The number of amides is 2. The normalized spacial score (nSPS) is 16.5. The molecule has 84 valence electrons. The Kier molecular flexibility index (Phi) is 3.10. The topological polar surface area (TPSA) is 37.4 Å². The molecule has 2 amide bonds. The quantitative estimate of drug-likeness (QED) is 0.630. The third-order valence-electron chi connectivity index (χ3n) is 2.64. The average Bonchev–Trinajstić information content (AvgIpc) is 2.55. The maximum atomic E-state index is 11.9. The van der Waals surface area contributed by atoms with Crippen LogP contribution >= 0.6 is 15.9 Å². The molecule has 1 aromatic carbocycles. The van der Waals surface area contributed by atoms with Gasteiger partial charge in [-0.25, -0.2) is 0 Å². The Balaban J connectivity index is 2.28. The summed E-state index contributed by atoms with van der Waals surface area (Å²) in [5, 5.41) is 0.778. The Labute approximate surface area is 103 Å². The SMILES string of the molecule is C[C@H](CBr)CN1C(=O)c2ccccc2C1=O. The van der Waals surface area contributed by atoms with Gasteiger partial charge in [0.15, 0.2) is 0 Å². The van der Waals surface area contributed by atoms with E-state index in [1.807, 2.05) is 6.92 Å². The van der Waals surface area contributed by atoms with Crippen molar-refractivity contribution in [3.8, 4) is 0 Å². The molecule has 1 heterocycles. The molecule has 16 heavy (non-hydrogen) atoms. The van der Waals surface area contributed by atoms with Crippen LogP contribution in [0, 0.1) is 5.92 Å². The molecular formula is C12H12BrNO2. The highest BCUT2D eigenvalue weighted by Gasteiger charge is 2.35. The van der Waals surface area contributed by atoms with Gasteiger partial charge in [0.05, 0.1) is 11.1 Å². The van der Waals surface area contributed by atoms with Crippen LogP contribution in [-0.4, -0.2) is 28.6 Å². The van der Waals surface area contributed by atoms with Gasteiger partial charge in [0.1, 0.15) is 0 Å². The molecule has 1 atom stereocenters. The first-order chi connectivity index (χ1) is 7.65. The molecule has 1 aromatic rings. The highest BCUT2D eigenvalue weighted by atomic mass is 79.9. The van der Waals surface area contributed by atoms with Crippen molar-refractivity contribution in [1.82, 2.24) is 4.90 Å². The first-order valence-corrected chi connectivity index (χ1v) is 6.28. The van der Waals surface area contributed by atoms with E-state index in [-0.39, 0.29) is 17.7 Å². The second kappa shape index (κ2) is 4.37. The molecule has 2 rings (SSSR count). The van der Waals surface area contributed by atoms with E-state index in [0.29, 0.717) is 17.7 Å². The van der Waals surface area contributed by atoms with E-state index in [1.54, 1.807) is 24.3 Å². The number of carbonyl (C=O) groups excluding carboxylic acids is 2. The minimum absolute atomic E-state index is 0.173. The van der Waals surface area contributed by atoms with E-state index in [9.17, 15) is 9.59 Å². The van der Waals surface area contributed by atoms with Crippen molar-refractivity contribution in [3.63, 3.8) is 0 Å². The summed E-state index contributed by atoms with van der Waals surface area (Å²) in [6.07, 6.45) is 0. The second-order valence-corrected chi connectivity index (χ2v) is 4.67. The number of rotatable bonds is 3. The highest BCUT2D eigenvalue weighted by Crippen LogP contribution is 2.23. The van der Waals surface area contributed by atoms with Gasteiger partial charge in [0, 0.05) is 11.9 Å². The van der Waals surface area contributed by atoms with E-state index in [2.05, 4.69) is 15.9 Å². The van der Waals surface area contributed by atoms with Crippen molar-refractivity contribution in [2.24, 2.45) is 5.92 Å². The maximum Gasteiger partial charge on any atom is 0.261 e. The summed E-state index contributed by atoms with van der Waals surface area (Å²) < 4.78 is 0. The maximum absolute atomic E-state index is 11.9. The number of imide groups is 1. The molecule has 0 bridgehead atoms. The second-order valence-electron chi connectivity index (χ2n) is 4.03. The molecule has 0 aliphatic carbocycles.